The lowest BCUT2D eigenvalue weighted by molar-refractivity contribution is 0.233. The molecular weight excluding hydrogens is 214 g/mol. The Morgan fingerprint density at radius 2 is 2.20 bits per heavy atom. The first-order chi connectivity index (χ1) is 7.15. The first-order valence-corrected chi connectivity index (χ1v) is 5.31. The molecule has 3 N–H and O–H groups in total. The highest BCUT2D eigenvalue weighted by atomic mass is 35.5. The Hall–Kier alpha value is -0.770. The lowest BCUT2D eigenvalue weighted by atomic mass is 10.1. The number of benzene rings is 1. The van der Waals surface area contributed by atoms with E-state index in [1.807, 2.05) is 13.0 Å². The minimum Gasteiger partial charge on any atom is -0.506 e. The third kappa shape index (κ3) is 3.70. The number of nitrogens with one attached hydrogen (secondary N) is 1. The monoisotopic (exact) mass is 229 g/mol. The highest BCUT2D eigenvalue weighted by molar-refractivity contribution is 6.32. The van der Waals surface area contributed by atoms with Crippen LogP contribution in [0.4, 0.5) is 0 Å². The van der Waals surface area contributed by atoms with E-state index in [0.717, 1.165) is 5.56 Å². The van der Waals surface area contributed by atoms with Crippen molar-refractivity contribution in [2.24, 2.45) is 5.92 Å². The molecule has 84 valence electrons. The van der Waals surface area contributed by atoms with E-state index < -0.39 is 0 Å². The maximum atomic E-state index is 9.60. The number of para-hydroxylation sites is 1. The molecule has 4 heteroatoms. The zero-order chi connectivity index (χ0) is 11.3. The number of rotatable bonds is 5. The number of phenolic OH excluding ortho intramolecular Hbond substituents is 1. The molecule has 0 spiro atoms. The Morgan fingerprint density at radius 3 is 2.87 bits per heavy atom. The quantitative estimate of drug-likeness (QED) is 0.721. The molecule has 0 saturated carbocycles. The van der Waals surface area contributed by atoms with E-state index in [2.05, 4.69) is 5.32 Å². The largest absolute Gasteiger partial charge is 0.506 e. The first kappa shape index (κ1) is 12.3. The second-order valence-electron chi connectivity index (χ2n) is 3.67. The third-order valence-electron chi connectivity index (χ3n) is 2.19. The molecular formula is C11H16ClNO2. The van der Waals surface area contributed by atoms with Crippen molar-refractivity contribution < 1.29 is 10.2 Å². The van der Waals surface area contributed by atoms with Gasteiger partial charge in [0, 0.05) is 25.3 Å². The van der Waals surface area contributed by atoms with Crippen molar-refractivity contribution in [3.8, 4) is 5.75 Å². The molecule has 0 heterocycles. The molecule has 0 aliphatic carbocycles. The first-order valence-electron chi connectivity index (χ1n) is 4.93. The number of aliphatic hydroxyl groups excluding tert-OH is 1. The molecule has 3 nitrogen and oxygen atoms in total. The average molecular weight is 230 g/mol. The molecule has 1 unspecified atom stereocenters. The van der Waals surface area contributed by atoms with Crippen LogP contribution in [0.15, 0.2) is 18.2 Å². The van der Waals surface area contributed by atoms with Crippen molar-refractivity contribution in [2.45, 2.75) is 13.5 Å². The third-order valence-corrected chi connectivity index (χ3v) is 2.50. The van der Waals surface area contributed by atoms with Gasteiger partial charge in [-0.1, -0.05) is 30.7 Å². The lowest BCUT2D eigenvalue weighted by Crippen LogP contribution is -2.22. The van der Waals surface area contributed by atoms with Crippen LogP contribution in [-0.2, 0) is 6.54 Å². The molecule has 0 aliphatic rings. The Balaban J connectivity index is 2.47. The molecule has 0 aromatic heterocycles. The van der Waals surface area contributed by atoms with Crippen molar-refractivity contribution >= 4 is 11.6 Å². The van der Waals surface area contributed by atoms with Gasteiger partial charge in [0.25, 0.3) is 0 Å². The van der Waals surface area contributed by atoms with Gasteiger partial charge in [-0.15, -0.1) is 0 Å². The number of aliphatic hydroxyl groups is 1. The Bertz CT molecular complexity index is 317. The summed E-state index contributed by atoms with van der Waals surface area (Å²) in [6, 6.07) is 5.27. The predicted octanol–water partition coefficient (Wildman–Crippen LogP) is 1.76. The van der Waals surface area contributed by atoms with Gasteiger partial charge < -0.3 is 15.5 Å². The number of hydrogen-bond acceptors (Lipinski definition) is 3. The van der Waals surface area contributed by atoms with Crippen molar-refractivity contribution in [1.82, 2.24) is 5.32 Å². The summed E-state index contributed by atoms with van der Waals surface area (Å²) in [4.78, 5) is 0. The van der Waals surface area contributed by atoms with Crippen molar-refractivity contribution in [2.75, 3.05) is 13.2 Å². The van der Waals surface area contributed by atoms with E-state index in [4.69, 9.17) is 16.7 Å². The zero-order valence-electron chi connectivity index (χ0n) is 8.70. The van der Waals surface area contributed by atoms with Crippen LogP contribution < -0.4 is 5.32 Å². The maximum absolute atomic E-state index is 9.60. The number of halogens is 1. The van der Waals surface area contributed by atoms with E-state index in [1.54, 1.807) is 12.1 Å². The van der Waals surface area contributed by atoms with Crippen LogP contribution in [0.25, 0.3) is 0 Å². The van der Waals surface area contributed by atoms with Gasteiger partial charge in [-0.05, 0) is 12.0 Å². The Morgan fingerprint density at radius 1 is 1.47 bits per heavy atom. The Labute approximate surface area is 94.7 Å². The number of phenols is 1. The molecule has 0 aliphatic heterocycles. The minimum atomic E-state index is 0.128. The normalized spacial score (nSPS) is 12.7. The van der Waals surface area contributed by atoms with Crippen LogP contribution in [0.3, 0.4) is 0 Å². The van der Waals surface area contributed by atoms with Crippen LogP contribution in [0.5, 0.6) is 5.75 Å². The molecule has 15 heavy (non-hydrogen) atoms. The fourth-order valence-corrected chi connectivity index (χ4v) is 1.41. The van der Waals surface area contributed by atoms with Crippen LogP contribution >= 0.6 is 11.6 Å². The molecule has 1 aromatic rings. The van der Waals surface area contributed by atoms with Gasteiger partial charge in [-0.2, -0.15) is 0 Å². The number of aromatic hydroxyl groups is 1. The topological polar surface area (TPSA) is 52.5 Å². The van der Waals surface area contributed by atoms with E-state index >= 15 is 0 Å². The predicted molar refractivity (Wildman–Crippen MR) is 61.1 cm³/mol. The summed E-state index contributed by atoms with van der Waals surface area (Å²) in [6.45, 7) is 3.37. The van der Waals surface area contributed by atoms with Gasteiger partial charge in [0.1, 0.15) is 5.75 Å². The van der Waals surface area contributed by atoms with Crippen LogP contribution in [0, 0.1) is 5.92 Å². The van der Waals surface area contributed by atoms with Crippen LogP contribution in [-0.4, -0.2) is 23.4 Å². The van der Waals surface area contributed by atoms with Gasteiger partial charge in [0.2, 0.25) is 0 Å². The van der Waals surface area contributed by atoms with Crippen LogP contribution in [0.1, 0.15) is 12.5 Å². The second-order valence-corrected chi connectivity index (χ2v) is 4.07. The molecule has 0 amide bonds. The zero-order valence-corrected chi connectivity index (χ0v) is 9.46. The van der Waals surface area contributed by atoms with Gasteiger partial charge in [0.15, 0.2) is 0 Å². The highest BCUT2D eigenvalue weighted by Gasteiger charge is 2.05. The van der Waals surface area contributed by atoms with E-state index in [1.165, 1.54) is 0 Å². The summed E-state index contributed by atoms with van der Waals surface area (Å²) in [6.07, 6.45) is 0. The van der Waals surface area contributed by atoms with E-state index in [9.17, 15) is 5.11 Å². The molecule has 0 bridgehead atoms. The number of hydrogen-bond donors (Lipinski definition) is 3. The minimum absolute atomic E-state index is 0.128. The summed E-state index contributed by atoms with van der Waals surface area (Å²) >= 11 is 5.76. The molecule has 1 rings (SSSR count). The summed E-state index contributed by atoms with van der Waals surface area (Å²) < 4.78 is 0. The fraction of sp³-hybridized carbons (Fsp3) is 0.455. The summed E-state index contributed by atoms with van der Waals surface area (Å²) in [5.74, 6) is 0.342. The lowest BCUT2D eigenvalue weighted by Gasteiger charge is -2.10. The van der Waals surface area contributed by atoms with Crippen LogP contribution in [0.2, 0.25) is 5.02 Å². The standard InChI is InChI=1S/C11H16ClNO2/c1-8(7-14)5-13-6-9-3-2-4-10(12)11(9)15/h2-4,8,13-15H,5-7H2,1H3. The smallest absolute Gasteiger partial charge is 0.138 e. The summed E-state index contributed by atoms with van der Waals surface area (Å²) in [7, 11) is 0. The van der Waals surface area contributed by atoms with Crippen molar-refractivity contribution in [1.29, 1.82) is 0 Å². The fourth-order valence-electron chi connectivity index (χ4n) is 1.22. The maximum Gasteiger partial charge on any atom is 0.138 e. The molecule has 0 fully saturated rings. The van der Waals surface area contributed by atoms with Gasteiger partial charge in [-0.25, -0.2) is 0 Å². The molecule has 1 atom stereocenters. The van der Waals surface area contributed by atoms with E-state index in [0.29, 0.717) is 18.1 Å². The highest BCUT2D eigenvalue weighted by Crippen LogP contribution is 2.26. The molecule has 0 saturated heterocycles. The molecule has 1 aromatic carbocycles. The summed E-state index contributed by atoms with van der Waals surface area (Å²) in [5.41, 5.74) is 0.771. The molecule has 0 radical (unpaired) electrons. The van der Waals surface area contributed by atoms with Gasteiger partial charge in [0.05, 0.1) is 5.02 Å². The average Bonchev–Trinajstić information content (AvgIpc) is 2.24. The second kappa shape index (κ2) is 5.95. The van der Waals surface area contributed by atoms with E-state index in [-0.39, 0.29) is 18.3 Å². The van der Waals surface area contributed by atoms with Crippen molar-refractivity contribution in [3.63, 3.8) is 0 Å². The van der Waals surface area contributed by atoms with Gasteiger partial charge in [-0.3, -0.25) is 0 Å². The van der Waals surface area contributed by atoms with Crippen molar-refractivity contribution in [3.05, 3.63) is 28.8 Å². The summed E-state index contributed by atoms with van der Waals surface area (Å²) in [5, 5.41) is 21.9. The Kier molecular flexibility index (Phi) is 4.88. The SMILES string of the molecule is CC(CO)CNCc1cccc(Cl)c1O. The van der Waals surface area contributed by atoms with Gasteiger partial charge >= 0.3 is 0 Å².